The Hall–Kier alpha value is -0.120. The van der Waals surface area contributed by atoms with Gasteiger partial charge in [-0.25, -0.2) is 0 Å². The molecular weight excluding hydrogens is 222 g/mol. The van der Waals surface area contributed by atoms with Crippen LogP contribution < -0.4 is 11.1 Å². The summed E-state index contributed by atoms with van der Waals surface area (Å²) in [5, 5.41) is 3.85. The summed E-state index contributed by atoms with van der Waals surface area (Å²) in [5.74, 6) is 0.815. The van der Waals surface area contributed by atoms with Crippen LogP contribution in [-0.2, 0) is 0 Å². The lowest BCUT2D eigenvalue weighted by atomic mass is 9.82. The van der Waals surface area contributed by atoms with Gasteiger partial charge in [0.25, 0.3) is 0 Å². The molecule has 0 aliphatic carbocycles. The molecular formula is C15H31N3. The minimum Gasteiger partial charge on any atom is -0.329 e. The number of nitrogens with one attached hydrogen (secondary N) is 1. The third kappa shape index (κ3) is 3.06. The summed E-state index contributed by atoms with van der Waals surface area (Å²) in [7, 11) is 0. The highest BCUT2D eigenvalue weighted by molar-refractivity contribution is 5.00. The molecule has 3 nitrogen and oxygen atoms in total. The van der Waals surface area contributed by atoms with E-state index in [0.717, 1.165) is 25.0 Å². The molecule has 2 aliphatic heterocycles. The van der Waals surface area contributed by atoms with E-state index in [4.69, 9.17) is 5.73 Å². The van der Waals surface area contributed by atoms with Gasteiger partial charge in [-0.1, -0.05) is 26.7 Å². The molecule has 0 aromatic rings. The number of hydrogen-bond acceptors (Lipinski definition) is 3. The van der Waals surface area contributed by atoms with E-state index in [0.29, 0.717) is 0 Å². The first-order valence-electron chi connectivity index (χ1n) is 7.92. The smallest absolute Gasteiger partial charge is 0.0331 e. The average Bonchev–Trinajstić information content (AvgIpc) is 2.87. The summed E-state index contributed by atoms with van der Waals surface area (Å²) in [4.78, 5) is 2.67. The lowest BCUT2D eigenvalue weighted by Gasteiger charge is -2.45. The Morgan fingerprint density at radius 3 is 2.78 bits per heavy atom. The fourth-order valence-electron chi connectivity index (χ4n) is 3.69. The summed E-state index contributed by atoms with van der Waals surface area (Å²) >= 11 is 0. The first-order valence-corrected chi connectivity index (χ1v) is 7.92. The fraction of sp³-hybridized carbons (Fsp3) is 1.00. The Kier molecular flexibility index (Phi) is 5.05. The number of nitrogens with two attached hydrogens (primary N) is 1. The topological polar surface area (TPSA) is 41.3 Å². The number of nitrogens with zero attached hydrogens (tertiary/aromatic N) is 1. The standard InChI is InChI=1S/C15H31N3/c1-3-13(4-2)11-17-15(12-16)7-9-18-8-5-6-14(18)10-15/h13-14,17H,3-12,16H2,1-2H3. The van der Waals surface area contributed by atoms with E-state index in [1.807, 2.05) is 0 Å². The van der Waals surface area contributed by atoms with Gasteiger partial charge in [0, 0.05) is 24.7 Å². The lowest BCUT2D eigenvalue weighted by Crippen LogP contribution is -2.60. The van der Waals surface area contributed by atoms with E-state index in [-0.39, 0.29) is 5.54 Å². The van der Waals surface area contributed by atoms with E-state index in [9.17, 15) is 0 Å². The van der Waals surface area contributed by atoms with Crippen LogP contribution in [0.15, 0.2) is 0 Å². The maximum Gasteiger partial charge on any atom is 0.0331 e. The molecule has 0 saturated carbocycles. The van der Waals surface area contributed by atoms with Crippen molar-refractivity contribution in [3.05, 3.63) is 0 Å². The maximum absolute atomic E-state index is 6.11. The molecule has 0 aromatic carbocycles. The van der Waals surface area contributed by atoms with E-state index in [2.05, 4.69) is 24.1 Å². The number of piperidine rings is 1. The SMILES string of the molecule is CCC(CC)CNC1(CN)CCN2CCCC2C1. The minimum absolute atomic E-state index is 0.230. The van der Waals surface area contributed by atoms with Gasteiger partial charge in [-0.3, -0.25) is 0 Å². The van der Waals surface area contributed by atoms with Crippen molar-refractivity contribution in [1.29, 1.82) is 0 Å². The summed E-state index contributed by atoms with van der Waals surface area (Å²) in [6, 6.07) is 0.802. The van der Waals surface area contributed by atoms with Crippen molar-refractivity contribution in [2.75, 3.05) is 26.2 Å². The van der Waals surface area contributed by atoms with Crippen LogP contribution in [0.4, 0.5) is 0 Å². The van der Waals surface area contributed by atoms with Crippen LogP contribution in [0, 0.1) is 5.92 Å². The van der Waals surface area contributed by atoms with Crippen LogP contribution in [0.2, 0.25) is 0 Å². The minimum atomic E-state index is 0.230. The Bertz CT molecular complexity index is 252. The molecule has 0 spiro atoms. The van der Waals surface area contributed by atoms with E-state index in [1.165, 1.54) is 51.6 Å². The first-order chi connectivity index (χ1) is 8.73. The van der Waals surface area contributed by atoms with Gasteiger partial charge >= 0.3 is 0 Å². The van der Waals surface area contributed by atoms with Crippen LogP contribution in [-0.4, -0.2) is 42.7 Å². The quantitative estimate of drug-likeness (QED) is 0.760. The van der Waals surface area contributed by atoms with Crippen molar-refractivity contribution in [2.45, 2.75) is 64.0 Å². The third-order valence-electron chi connectivity index (χ3n) is 5.31. The van der Waals surface area contributed by atoms with Crippen molar-refractivity contribution in [3.63, 3.8) is 0 Å². The Labute approximate surface area is 112 Å². The second-order valence-corrected chi connectivity index (χ2v) is 6.33. The highest BCUT2D eigenvalue weighted by Crippen LogP contribution is 2.32. The number of fused-ring (bicyclic) bond motifs is 1. The molecule has 2 atom stereocenters. The largest absolute Gasteiger partial charge is 0.329 e. The van der Waals surface area contributed by atoms with Crippen LogP contribution in [0.25, 0.3) is 0 Å². The van der Waals surface area contributed by atoms with Crippen molar-refractivity contribution in [2.24, 2.45) is 11.7 Å². The summed E-state index contributed by atoms with van der Waals surface area (Å²) in [6.07, 6.45) is 7.83. The summed E-state index contributed by atoms with van der Waals surface area (Å²) < 4.78 is 0. The highest BCUT2D eigenvalue weighted by Gasteiger charge is 2.40. The van der Waals surface area contributed by atoms with Crippen LogP contribution in [0.3, 0.4) is 0 Å². The molecule has 18 heavy (non-hydrogen) atoms. The second kappa shape index (κ2) is 6.36. The molecule has 106 valence electrons. The molecule has 2 heterocycles. The van der Waals surface area contributed by atoms with Gasteiger partial charge in [0.05, 0.1) is 0 Å². The molecule has 2 saturated heterocycles. The van der Waals surface area contributed by atoms with Crippen LogP contribution in [0.5, 0.6) is 0 Å². The zero-order valence-corrected chi connectivity index (χ0v) is 12.3. The highest BCUT2D eigenvalue weighted by atomic mass is 15.2. The van der Waals surface area contributed by atoms with Gasteiger partial charge in [-0.05, 0) is 44.7 Å². The predicted octanol–water partition coefficient (Wildman–Crippen LogP) is 1.97. The van der Waals surface area contributed by atoms with Crippen molar-refractivity contribution in [3.8, 4) is 0 Å². The van der Waals surface area contributed by atoms with Gasteiger partial charge in [-0.2, -0.15) is 0 Å². The third-order valence-corrected chi connectivity index (χ3v) is 5.31. The van der Waals surface area contributed by atoms with Crippen LogP contribution in [0.1, 0.15) is 52.4 Å². The predicted molar refractivity (Wildman–Crippen MR) is 77.7 cm³/mol. The van der Waals surface area contributed by atoms with E-state index >= 15 is 0 Å². The molecule has 2 aliphatic rings. The molecule has 0 radical (unpaired) electrons. The van der Waals surface area contributed by atoms with E-state index < -0.39 is 0 Å². The molecule has 2 rings (SSSR count). The van der Waals surface area contributed by atoms with Gasteiger partial charge in [0.15, 0.2) is 0 Å². The van der Waals surface area contributed by atoms with Gasteiger partial charge in [-0.15, -0.1) is 0 Å². The van der Waals surface area contributed by atoms with Crippen molar-refractivity contribution in [1.82, 2.24) is 10.2 Å². The monoisotopic (exact) mass is 253 g/mol. The Morgan fingerprint density at radius 2 is 2.11 bits per heavy atom. The molecule has 0 aromatic heterocycles. The molecule has 3 heteroatoms. The molecule has 0 amide bonds. The Balaban J connectivity index is 1.89. The van der Waals surface area contributed by atoms with Crippen molar-refractivity contribution >= 4 is 0 Å². The average molecular weight is 253 g/mol. The first kappa shape index (κ1) is 14.3. The zero-order valence-electron chi connectivity index (χ0n) is 12.3. The molecule has 0 bridgehead atoms. The van der Waals surface area contributed by atoms with Crippen molar-refractivity contribution < 1.29 is 0 Å². The maximum atomic E-state index is 6.11. The van der Waals surface area contributed by atoms with Gasteiger partial charge in [0.2, 0.25) is 0 Å². The summed E-state index contributed by atoms with van der Waals surface area (Å²) in [5.41, 5.74) is 6.34. The van der Waals surface area contributed by atoms with E-state index in [1.54, 1.807) is 0 Å². The van der Waals surface area contributed by atoms with Gasteiger partial charge in [0.1, 0.15) is 0 Å². The Morgan fingerprint density at radius 1 is 1.33 bits per heavy atom. The lowest BCUT2D eigenvalue weighted by molar-refractivity contribution is 0.107. The fourth-order valence-corrected chi connectivity index (χ4v) is 3.69. The van der Waals surface area contributed by atoms with Gasteiger partial charge < -0.3 is 16.0 Å². The number of hydrogen-bond donors (Lipinski definition) is 2. The number of rotatable bonds is 6. The zero-order chi connectivity index (χ0) is 13.0. The molecule has 3 N–H and O–H groups in total. The molecule has 2 unspecified atom stereocenters. The normalized spacial score (nSPS) is 33.0. The van der Waals surface area contributed by atoms with Crippen LogP contribution >= 0.6 is 0 Å². The molecule has 2 fully saturated rings. The summed E-state index contributed by atoms with van der Waals surface area (Å²) in [6.45, 7) is 9.11. The second-order valence-electron chi connectivity index (χ2n) is 6.33.